The van der Waals surface area contributed by atoms with Crippen molar-refractivity contribution in [1.29, 1.82) is 0 Å². The Kier molecular flexibility index (Phi) is 7.42. The maximum Gasteiger partial charge on any atom is 0.0633 e. The van der Waals surface area contributed by atoms with Crippen molar-refractivity contribution in [3.05, 3.63) is 0 Å². The summed E-state index contributed by atoms with van der Waals surface area (Å²) in [7, 11) is 0. The molecule has 1 nitrogen and oxygen atoms in total. The summed E-state index contributed by atoms with van der Waals surface area (Å²) in [6.07, 6.45) is 4.80. The van der Waals surface area contributed by atoms with Crippen LogP contribution in [-0.4, -0.2) is 6.04 Å². The first-order valence-electron chi connectivity index (χ1n) is 1.49. The van der Waals surface area contributed by atoms with E-state index < -0.39 is 0 Å². The first-order valence-corrected chi connectivity index (χ1v) is 1.49. The molecule has 0 saturated carbocycles. The molecule has 0 rings (SSSR count). The van der Waals surface area contributed by atoms with E-state index in [4.69, 9.17) is 12.2 Å². The molecule has 0 aliphatic heterocycles. The molecule has 0 aromatic rings. The Hall–Kier alpha value is -0.190. The molecule has 0 amide bonds. The molecule has 0 heterocycles. The number of halogens is 1. The van der Waals surface area contributed by atoms with E-state index in [9.17, 15) is 0 Å². The molecule has 0 aliphatic rings. The third-order valence-corrected chi connectivity index (χ3v) is 0.263. The van der Waals surface area contributed by atoms with Gasteiger partial charge in [-0.1, -0.05) is 5.92 Å². The molecule has 0 aromatic heterocycles. The van der Waals surface area contributed by atoms with Crippen molar-refractivity contribution in [2.45, 2.75) is 13.0 Å². The van der Waals surface area contributed by atoms with Gasteiger partial charge in [0.2, 0.25) is 0 Å². The highest BCUT2D eigenvalue weighted by Crippen LogP contribution is 1.59. The van der Waals surface area contributed by atoms with E-state index in [0.29, 0.717) is 0 Å². The van der Waals surface area contributed by atoms with Gasteiger partial charge in [-0.25, -0.2) is 0 Å². The zero-order chi connectivity index (χ0) is 4.28. The highest BCUT2D eigenvalue weighted by atomic mass is 35.5. The summed E-state index contributed by atoms with van der Waals surface area (Å²) in [6.45, 7) is 1.76. The molecule has 36 valence electrons. The third-order valence-electron chi connectivity index (χ3n) is 0.263. The van der Waals surface area contributed by atoms with Crippen molar-refractivity contribution in [1.82, 2.24) is 0 Å². The van der Waals surface area contributed by atoms with Gasteiger partial charge in [0.25, 0.3) is 0 Å². The van der Waals surface area contributed by atoms with Gasteiger partial charge in [0, 0.05) is 0 Å². The molecule has 0 bridgehead atoms. The van der Waals surface area contributed by atoms with Crippen molar-refractivity contribution in [3.8, 4) is 12.3 Å². The van der Waals surface area contributed by atoms with E-state index in [2.05, 4.69) is 5.92 Å². The number of hydrogen-bond donors (Lipinski definition) is 1. The van der Waals surface area contributed by atoms with Gasteiger partial charge < -0.3 is 5.73 Å². The van der Waals surface area contributed by atoms with Crippen LogP contribution in [0.4, 0.5) is 0 Å². The number of hydrogen-bond acceptors (Lipinski definition) is 1. The average Bonchev–Trinajstić information content (AvgIpc) is 1.38. The van der Waals surface area contributed by atoms with Crippen molar-refractivity contribution in [2.24, 2.45) is 5.73 Å². The van der Waals surface area contributed by atoms with E-state index in [1.54, 1.807) is 6.92 Å². The zero-order valence-corrected chi connectivity index (χ0v) is 4.46. The predicted octanol–water partition coefficient (Wildman–Crippen LogP) is 0.389. The minimum Gasteiger partial charge on any atom is -0.318 e. The first-order chi connectivity index (χ1) is 2.27. The summed E-state index contributed by atoms with van der Waals surface area (Å²) < 4.78 is 0. The van der Waals surface area contributed by atoms with Crippen LogP contribution in [0.15, 0.2) is 0 Å². The second kappa shape index (κ2) is 4.81. The van der Waals surface area contributed by atoms with Crippen molar-refractivity contribution in [2.75, 3.05) is 0 Å². The van der Waals surface area contributed by atoms with E-state index in [1.807, 2.05) is 0 Å². The van der Waals surface area contributed by atoms with Crippen LogP contribution >= 0.6 is 12.4 Å². The zero-order valence-electron chi connectivity index (χ0n) is 3.64. The fraction of sp³-hybridized carbons (Fsp3) is 0.500. The summed E-state index contributed by atoms with van der Waals surface area (Å²) >= 11 is 0. The van der Waals surface area contributed by atoms with Crippen LogP contribution in [0.1, 0.15) is 6.92 Å². The van der Waals surface area contributed by atoms with E-state index in [0.717, 1.165) is 0 Å². The second-order valence-electron chi connectivity index (χ2n) is 0.955. The summed E-state index contributed by atoms with van der Waals surface area (Å²) in [6, 6.07) is -0.0880. The molecule has 0 aliphatic carbocycles. The Morgan fingerprint density at radius 2 is 2.00 bits per heavy atom. The van der Waals surface area contributed by atoms with Gasteiger partial charge in [0.1, 0.15) is 0 Å². The molecule has 6 heavy (non-hydrogen) atoms. The number of rotatable bonds is 0. The van der Waals surface area contributed by atoms with Gasteiger partial charge in [0.15, 0.2) is 0 Å². The summed E-state index contributed by atoms with van der Waals surface area (Å²) in [5, 5.41) is 0. The van der Waals surface area contributed by atoms with Crippen LogP contribution in [0.3, 0.4) is 0 Å². The van der Waals surface area contributed by atoms with Crippen molar-refractivity contribution >= 4 is 12.4 Å². The van der Waals surface area contributed by atoms with Crippen molar-refractivity contribution in [3.63, 3.8) is 0 Å². The molecular formula is C4H8ClN. The molecule has 0 aromatic carbocycles. The fourth-order valence-electron chi connectivity index (χ4n) is 0. The Balaban J connectivity index is 0. The normalized spacial score (nSPS) is 10.8. The van der Waals surface area contributed by atoms with Gasteiger partial charge >= 0.3 is 0 Å². The van der Waals surface area contributed by atoms with Gasteiger partial charge in [-0.15, -0.1) is 18.8 Å². The molecule has 2 heteroatoms. The summed E-state index contributed by atoms with van der Waals surface area (Å²) in [5.41, 5.74) is 5.06. The lowest BCUT2D eigenvalue weighted by Crippen LogP contribution is -2.10. The monoisotopic (exact) mass is 105 g/mol. The molecule has 0 fully saturated rings. The average molecular weight is 106 g/mol. The number of nitrogens with two attached hydrogens (primary N) is 1. The van der Waals surface area contributed by atoms with Crippen LogP contribution in [0, 0.1) is 12.3 Å². The summed E-state index contributed by atoms with van der Waals surface area (Å²) in [4.78, 5) is 0. The van der Waals surface area contributed by atoms with Crippen LogP contribution in [0.25, 0.3) is 0 Å². The van der Waals surface area contributed by atoms with Gasteiger partial charge in [-0.2, -0.15) is 0 Å². The highest BCUT2D eigenvalue weighted by molar-refractivity contribution is 5.85. The SMILES string of the molecule is C#CC(C)N.Cl. The summed E-state index contributed by atoms with van der Waals surface area (Å²) in [5.74, 6) is 2.31. The molecular weight excluding hydrogens is 97.5 g/mol. The van der Waals surface area contributed by atoms with E-state index in [-0.39, 0.29) is 18.4 Å². The maximum atomic E-state index is 5.06. The Morgan fingerprint density at radius 3 is 2.00 bits per heavy atom. The minimum atomic E-state index is -0.0880. The maximum absolute atomic E-state index is 5.06. The molecule has 0 radical (unpaired) electrons. The lowest BCUT2D eigenvalue weighted by molar-refractivity contribution is 0.961. The number of terminal acetylenes is 1. The quantitative estimate of drug-likeness (QED) is 0.443. The van der Waals surface area contributed by atoms with E-state index in [1.165, 1.54) is 0 Å². The molecule has 0 saturated heterocycles. The lowest BCUT2D eigenvalue weighted by atomic mass is 10.4. The predicted molar refractivity (Wildman–Crippen MR) is 29.7 cm³/mol. The molecule has 1 atom stereocenters. The van der Waals surface area contributed by atoms with Crippen LogP contribution in [-0.2, 0) is 0 Å². The van der Waals surface area contributed by atoms with E-state index >= 15 is 0 Å². The second-order valence-corrected chi connectivity index (χ2v) is 0.955. The fourth-order valence-corrected chi connectivity index (χ4v) is 0. The molecule has 1 unspecified atom stereocenters. The van der Waals surface area contributed by atoms with Gasteiger partial charge in [0.05, 0.1) is 6.04 Å². The van der Waals surface area contributed by atoms with Gasteiger partial charge in [-0.3, -0.25) is 0 Å². The smallest absolute Gasteiger partial charge is 0.0633 e. The Bertz CT molecular complexity index is 53.1. The molecule has 0 spiro atoms. The third kappa shape index (κ3) is 9.18. The Morgan fingerprint density at radius 1 is 1.83 bits per heavy atom. The Labute approximate surface area is 44.3 Å². The standard InChI is InChI=1S/C4H7N.ClH/c1-3-4(2)5;/h1,4H,5H2,2H3;1H. The topological polar surface area (TPSA) is 26.0 Å². The lowest BCUT2D eigenvalue weighted by Gasteiger charge is -1.82. The largest absolute Gasteiger partial charge is 0.318 e. The highest BCUT2D eigenvalue weighted by Gasteiger charge is 1.73. The first kappa shape index (κ1) is 9.26. The van der Waals surface area contributed by atoms with Crippen LogP contribution in [0.5, 0.6) is 0 Å². The van der Waals surface area contributed by atoms with Crippen LogP contribution < -0.4 is 5.73 Å². The van der Waals surface area contributed by atoms with Crippen molar-refractivity contribution < 1.29 is 0 Å². The van der Waals surface area contributed by atoms with Crippen LogP contribution in [0.2, 0.25) is 0 Å². The minimum absolute atomic E-state index is 0. The van der Waals surface area contributed by atoms with Gasteiger partial charge in [-0.05, 0) is 6.92 Å². The molecule has 2 N–H and O–H groups in total.